The molecule has 37 heavy (non-hydrogen) atoms. The molecule has 2 amide bonds. The van der Waals surface area contributed by atoms with Crippen molar-refractivity contribution in [1.82, 2.24) is 0 Å². The lowest BCUT2D eigenvalue weighted by atomic mass is 10.1. The lowest BCUT2D eigenvalue weighted by Gasteiger charge is -2.16. The number of thioether (sulfide) groups is 1. The van der Waals surface area contributed by atoms with Gasteiger partial charge in [-0.1, -0.05) is 65.4 Å². The molecule has 1 aliphatic rings. The first-order valence-electron chi connectivity index (χ1n) is 10.4. The topological polar surface area (TPSA) is 58.6 Å². The molecule has 3 aromatic rings. The fourth-order valence-corrected chi connectivity index (χ4v) is 5.04. The number of rotatable bonds is 6. The molecule has 1 saturated heterocycles. The van der Waals surface area contributed by atoms with Crippen LogP contribution in [0.15, 0.2) is 71.6 Å². The Hall–Kier alpha value is -3.05. The molecule has 0 saturated carbocycles. The maximum atomic E-state index is 13.1. The minimum atomic E-state index is -4.55. The second kappa shape index (κ2) is 11.1. The van der Waals surface area contributed by atoms with Crippen LogP contribution in [-0.2, 0) is 15.8 Å². The van der Waals surface area contributed by atoms with E-state index in [0.29, 0.717) is 22.0 Å². The molecule has 0 spiro atoms. The number of halogens is 5. The highest BCUT2D eigenvalue weighted by molar-refractivity contribution is 8.27. The first-order valence-corrected chi connectivity index (χ1v) is 12.4. The third-order valence-electron chi connectivity index (χ3n) is 4.96. The van der Waals surface area contributed by atoms with Crippen LogP contribution < -0.4 is 15.0 Å². The molecule has 0 unspecified atom stereocenters. The first kappa shape index (κ1) is 27.0. The van der Waals surface area contributed by atoms with Crippen LogP contribution in [0.5, 0.6) is 5.75 Å². The summed E-state index contributed by atoms with van der Waals surface area (Å²) in [5.74, 6) is -0.629. The zero-order valence-electron chi connectivity index (χ0n) is 18.5. The summed E-state index contributed by atoms with van der Waals surface area (Å²) in [6, 6.07) is 15.7. The number of carbonyl (C=O) groups excluding carboxylic acids is 2. The Morgan fingerprint density at radius 1 is 1.08 bits per heavy atom. The van der Waals surface area contributed by atoms with E-state index >= 15 is 0 Å². The van der Waals surface area contributed by atoms with E-state index in [1.165, 1.54) is 18.2 Å². The number of nitrogens with zero attached hydrogens (tertiary/aromatic N) is 1. The second-order valence-corrected chi connectivity index (χ2v) is 10.1. The first-order chi connectivity index (χ1) is 17.5. The average Bonchev–Trinajstić information content (AvgIpc) is 3.12. The van der Waals surface area contributed by atoms with Gasteiger partial charge in [0, 0.05) is 5.02 Å². The SMILES string of the molecule is O=C(COc1cccc(/C=C2\SC(=S)N(c3cccc(C(F)(F)F)c3)C2=O)c1)Nc1ccc(Cl)cc1Cl. The Morgan fingerprint density at radius 2 is 1.84 bits per heavy atom. The number of alkyl halides is 3. The van der Waals surface area contributed by atoms with Crippen molar-refractivity contribution in [3.05, 3.63) is 92.8 Å². The molecule has 5 nitrogen and oxygen atoms in total. The Labute approximate surface area is 229 Å². The maximum Gasteiger partial charge on any atom is 0.416 e. The summed E-state index contributed by atoms with van der Waals surface area (Å²) >= 11 is 18.1. The monoisotopic (exact) mass is 582 g/mol. The van der Waals surface area contributed by atoms with Gasteiger partial charge in [-0.3, -0.25) is 14.5 Å². The number of amides is 2. The van der Waals surface area contributed by atoms with Gasteiger partial charge in [-0.05, 0) is 60.2 Å². The minimum absolute atomic E-state index is 0.0320. The van der Waals surface area contributed by atoms with Crippen LogP contribution in [0.4, 0.5) is 24.5 Å². The van der Waals surface area contributed by atoms with Crippen LogP contribution in [-0.4, -0.2) is 22.7 Å². The van der Waals surface area contributed by atoms with E-state index < -0.39 is 23.6 Å². The number of ether oxygens (including phenoxy) is 1. The Kier molecular flexibility index (Phi) is 8.13. The van der Waals surface area contributed by atoms with E-state index in [2.05, 4.69) is 5.32 Å². The van der Waals surface area contributed by atoms with Gasteiger partial charge >= 0.3 is 6.18 Å². The Balaban J connectivity index is 1.44. The van der Waals surface area contributed by atoms with Crippen LogP contribution >= 0.6 is 47.2 Å². The molecule has 0 radical (unpaired) electrons. The lowest BCUT2D eigenvalue weighted by Crippen LogP contribution is -2.27. The van der Waals surface area contributed by atoms with Gasteiger partial charge in [-0.15, -0.1) is 0 Å². The van der Waals surface area contributed by atoms with Gasteiger partial charge in [0.2, 0.25) is 0 Å². The number of carbonyl (C=O) groups is 2. The summed E-state index contributed by atoms with van der Waals surface area (Å²) in [6.45, 7) is -0.305. The maximum absolute atomic E-state index is 13.1. The largest absolute Gasteiger partial charge is 0.484 e. The van der Waals surface area contributed by atoms with E-state index in [1.54, 1.807) is 42.5 Å². The van der Waals surface area contributed by atoms with E-state index in [1.807, 2.05) is 0 Å². The molecule has 1 N–H and O–H groups in total. The van der Waals surface area contributed by atoms with Gasteiger partial charge < -0.3 is 10.1 Å². The van der Waals surface area contributed by atoms with E-state index in [0.717, 1.165) is 28.8 Å². The van der Waals surface area contributed by atoms with Gasteiger partial charge in [0.05, 0.1) is 26.9 Å². The summed E-state index contributed by atoms with van der Waals surface area (Å²) in [7, 11) is 0. The molecule has 1 fully saturated rings. The van der Waals surface area contributed by atoms with Gasteiger partial charge in [0.1, 0.15) is 5.75 Å². The van der Waals surface area contributed by atoms with Crippen LogP contribution in [0.2, 0.25) is 10.0 Å². The summed E-state index contributed by atoms with van der Waals surface area (Å²) in [5.41, 5.74) is 0.110. The third-order valence-corrected chi connectivity index (χ3v) is 6.81. The van der Waals surface area contributed by atoms with Crippen LogP contribution in [0.3, 0.4) is 0 Å². The summed E-state index contributed by atoms with van der Waals surface area (Å²) in [6.07, 6.45) is -3.00. The molecule has 1 heterocycles. The van der Waals surface area contributed by atoms with Gasteiger partial charge in [-0.2, -0.15) is 13.2 Å². The molecule has 190 valence electrons. The average molecular weight is 583 g/mol. The second-order valence-electron chi connectivity index (χ2n) is 7.60. The number of thiocarbonyl (C=S) groups is 1. The zero-order valence-corrected chi connectivity index (χ0v) is 21.7. The van der Waals surface area contributed by atoms with Gasteiger partial charge in [0.15, 0.2) is 10.9 Å². The minimum Gasteiger partial charge on any atom is -0.484 e. The Morgan fingerprint density at radius 3 is 2.57 bits per heavy atom. The molecule has 12 heteroatoms. The van der Waals surface area contributed by atoms with Crippen molar-refractivity contribution in [3.63, 3.8) is 0 Å². The van der Waals surface area contributed by atoms with Crippen LogP contribution in [0, 0.1) is 0 Å². The highest BCUT2D eigenvalue weighted by atomic mass is 35.5. The Bertz CT molecular complexity index is 1430. The number of hydrogen-bond acceptors (Lipinski definition) is 5. The van der Waals surface area contributed by atoms with Crippen molar-refractivity contribution in [1.29, 1.82) is 0 Å². The smallest absolute Gasteiger partial charge is 0.416 e. The molecule has 3 aromatic carbocycles. The number of benzene rings is 3. The molecule has 0 aromatic heterocycles. The summed E-state index contributed by atoms with van der Waals surface area (Å²) in [5, 5.41) is 3.34. The highest BCUT2D eigenvalue weighted by Gasteiger charge is 2.36. The van der Waals surface area contributed by atoms with Crippen molar-refractivity contribution < 1.29 is 27.5 Å². The predicted octanol–water partition coefficient (Wildman–Crippen LogP) is 7.44. The number of nitrogens with one attached hydrogen (secondary N) is 1. The van der Waals surface area contributed by atoms with Crippen LogP contribution in [0.1, 0.15) is 11.1 Å². The fraction of sp³-hybridized carbons (Fsp3) is 0.0800. The highest BCUT2D eigenvalue weighted by Crippen LogP contribution is 2.38. The molecular weight excluding hydrogens is 568 g/mol. The van der Waals surface area contributed by atoms with Crippen molar-refractivity contribution in [2.75, 3.05) is 16.8 Å². The number of anilines is 2. The lowest BCUT2D eigenvalue weighted by molar-refractivity contribution is -0.137. The van der Waals surface area contributed by atoms with E-state index in [9.17, 15) is 22.8 Å². The van der Waals surface area contributed by atoms with Crippen molar-refractivity contribution in [2.45, 2.75) is 6.18 Å². The molecular formula is C25H15Cl2F3N2O3S2. The quantitative estimate of drug-likeness (QED) is 0.242. The standard InChI is InChI=1S/C25H15Cl2F3N2O3S2/c26-16-7-8-20(19(27)12-16)31-22(33)13-35-18-6-1-3-14(9-18)10-21-23(34)32(24(36)37-21)17-5-2-4-15(11-17)25(28,29)30/h1-12H,13H2,(H,31,33)/b21-10-. The molecule has 0 atom stereocenters. The number of hydrogen-bond donors (Lipinski definition) is 1. The summed E-state index contributed by atoms with van der Waals surface area (Å²) in [4.78, 5) is 26.5. The van der Waals surface area contributed by atoms with Crippen molar-refractivity contribution in [2.24, 2.45) is 0 Å². The van der Waals surface area contributed by atoms with Crippen LogP contribution in [0.25, 0.3) is 6.08 Å². The molecule has 4 rings (SSSR count). The zero-order chi connectivity index (χ0) is 26.7. The van der Waals surface area contributed by atoms with Crippen molar-refractivity contribution in [3.8, 4) is 5.75 Å². The normalized spacial score (nSPS) is 14.8. The summed E-state index contributed by atoms with van der Waals surface area (Å²) < 4.78 is 45.0. The third kappa shape index (κ3) is 6.64. The molecule has 0 aliphatic carbocycles. The molecule has 1 aliphatic heterocycles. The van der Waals surface area contributed by atoms with E-state index in [4.69, 9.17) is 40.2 Å². The van der Waals surface area contributed by atoms with Crippen molar-refractivity contribution >= 4 is 80.8 Å². The molecule has 0 bridgehead atoms. The van der Waals surface area contributed by atoms with E-state index in [-0.39, 0.29) is 26.5 Å². The van der Waals surface area contributed by atoms with Gasteiger partial charge in [-0.25, -0.2) is 0 Å². The predicted molar refractivity (Wildman–Crippen MR) is 144 cm³/mol. The fourth-order valence-electron chi connectivity index (χ4n) is 3.28. The van der Waals surface area contributed by atoms with Gasteiger partial charge in [0.25, 0.3) is 11.8 Å².